The normalized spacial score (nSPS) is 11.0. The van der Waals surface area contributed by atoms with E-state index in [9.17, 15) is 0 Å². The van der Waals surface area contributed by atoms with E-state index < -0.39 is 0 Å². The molecule has 0 saturated carbocycles. The number of rotatable bonds is 7. The van der Waals surface area contributed by atoms with Crippen molar-refractivity contribution < 1.29 is 9.26 Å². The van der Waals surface area contributed by atoms with E-state index >= 15 is 0 Å². The second-order valence-corrected chi connectivity index (χ2v) is 5.62. The second-order valence-electron chi connectivity index (χ2n) is 5.62. The van der Waals surface area contributed by atoms with E-state index in [4.69, 9.17) is 9.26 Å². The molecule has 1 heterocycles. The molecule has 1 aromatic carbocycles. The largest absolute Gasteiger partial charge is 0.492 e. The minimum atomic E-state index is 0. The van der Waals surface area contributed by atoms with E-state index in [1.807, 2.05) is 42.3 Å². The first-order chi connectivity index (χ1) is 11.6. The van der Waals surface area contributed by atoms with Crippen LogP contribution in [0.1, 0.15) is 23.9 Å². The monoisotopic (exact) mass is 458 g/mol. The maximum absolute atomic E-state index is 5.75. The van der Waals surface area contributed by atoms with Gasteiger partial charge in [-0.2, -0.15) is 0 Å². The van der Waals surface area contributed by atoms with Gasteiger partial charge in [-0.25, -0.2) is 0 Å². The van der Waals surface area contributed by atoms with Crippen molar-refractivity contribution >= 4 is 29.9 Å². The maximum atomic E-state index is 5.75. The number of halogens is 1. The summed E-state index contributed by atoms with van der Waals surface area (Å²) in [4.78, 5) is 6.30. The molecule has 6 nitrogen and oxygen atoms in total. The number of hydrogen-bond acceptors (Lipinski definition) is 4. The number of aliphatic imine (C=N–C) groups is 1. The Morgan fingerprint density at radius 2 is 2.04 bits per heavy atom. The molecule has 0 unspecified atom stereocenters. The van der Waals surface area contributed by atoms with Crippen LogP contribution < -0.4 is 10.1 Å². The minimum absolute atomic E-state index is 0. The van der Waals surface area contributed by atoms with Crippen molar-refractivity contribution in [1.82, 2.24) is 15.4 Å². The van der Waals surface area contributed by atoms with Crippen LogP contribution in [0.3, 0.4) is 0 Å². The molecule has 0 aliphatic heterocycles. The lowest BCUT2D eigenvalue weighted by atomic mass is 10.2. The third-order valence-corrected chi connectivity index (χ3v) is 3.68. The summed E-state index contributed by atoms with van der Waals surface area (Å²) in [7, 11) is 3.74. The van der Waals surface area contributed by atoms with Crippen LogP contribution in [0.4, 0.5) is 0 Å². The molecule has 0 aliphatic carbocycles. The fourth-order valence-corrected chi connectivity index (χ4v) is 2.20. The van der Waals surface area contributed by atoms with Crippen molar-refractivity contribution in [1.29, 1.82) is 0 Å². The minimum Gasteiger partial charge on any atom is -0.492 e. The predicted molar refractivity (Wildman–Crippen MR) is 111 cm³/mol. The summed E-state index contributed by atoms with van der Waals surface area (Å²) in [5.74, 6) is 2.47. The summed E-state index contributed by atoms with van der Waals surface area (Å²) >= 11 is 0. The van der Waals surface area contributed by atoms with Gasteiger partial charge in [0.15, 0.2) is 11.7 Å². The van der Waals surface area contributed by atoms with Crippen LogP contribution in [0.5, 0.6) is 5.75 Å². The van der Waals surface area contributed by atoms with Crippen LogP contribution in [0.15, 0.2) is 39.8 Å². The van der Waals surface area contributed by atoms with Crippen molar-refractivity contribution in [3.8, 4) is 5.75 Å². The van der Waals surface area contributed by atoms with Gasteiger partial charge in [0.05, 0.1) is 18.8 Å². The molecule has 2 rings (SSSR count). The molecule has 7 heteroatoms. The van der Waals surface area contributed by atoms with Crippen LogP contribution >= 0.6 is 24.0 Å². The van der Waals surface area contributed by atoms with Gasteiger partial charge in [-0.3, -0.25) is 4.99 Å². The zero-order chi connectivity index (χ0) is 17.4. The Morgan fingerprint density at radius 3 is 2.64 bits per heavy atom. The van der Waals surface area contributed by atoms with Crippen LogP contribution in [-0.2, 0) is 13.0 Å². The number of hydrogen-bond donors (Lipinski definition) is 1. The van der Waals surface area contributed by atoms with Gasteiger partial charge in [0.1, 0.15) is 12.4 Å². The number of aryl methyl sites for hydroxylation is 2. The topological polar surface area (TPSA) is 62.9 Å². The fourth-order valence-electron chi connectivity index (χ4n) is 2.20. The third kappa shape index (κ3) is 6.93. The first-order valence-corrected chi connectivity index (χ1v) is 8.18. The highest BCUT2D eigenvalue weighted by Crippen LogP contribution is 2.11. The summed E-state index contributed by atoms with van der Waals surface area (Å²) in [6.07, 6.45) is 0.870. The van der Waals surface area contributed by atoms with Gasteiger partial charge in [-0.05, 0) is 25.5 Å². The Kier molecular flexibility index (Phi) is 9.33. The van der Waals surface area contributed by atoms with Gasteiger partial charge >= 0.3 is 0 Å². The fraction of sp³-hybridized carbons (Fsp3) is 0.444. The second kappa shape index (κ2) is 11.0. The number of nitrogens with zero attached hydrogens (tertiary/aromatic N) is 3. The molecule has 138 valence electrons. The Balaban J connectivity index is 0.00000312. The van der Waals surface area contributed by atoms with E-state index in [1.165, 1.54) is 5.56 Å². The molecule has 0 bridgehead atoms. The van der Waals surface area contributed by atoms with Crippen molar-refractivity contribution in [3.63, 3.8) is 0 Å². The molecule has 1 aromatic heterocycles. The van der Waals surface area contributed by atoms with Crippen LogP contribution in [-0.4, -0.2) is 43.3 Å². The molecule has 25 heavy (non-hydrogen) atoms. The van der Waals surface area contributed by atoms with Crippen molar-refractivity contribution in [3.05, 3.63) is 47.3 Å². The zero-order valence-corrected chi connectivity index (χ0v) is 17.6. The van der Waals surface area contributed by atoms with Crippen LogP contribution in [0, 0.1) is 6.92 Å². The average molecular weight is 458 g/mol. The molecule has 0 radical (unpaired) electrons. The van der Waals surface area contributed by atoms with Crippen molar-refractivity contribution in [2.24, 2.45) is 4.99 Å². The lowest BCUT2D eigenvalue weighted by molar-refractivity contribution is 0.280. The number of guanidine groups is 1. The van der Waals surface area contributed by atoms with E-state index in [0.29, 0.717) is 13.2 Å². The Morgan fingerprint density at radius 1 is 1.32 bits per heavy atom. The molecule has 0 spiro atoms. The van der Waals surface area contributed by atoms with Gasteiger partial charge in [0, 0.05) is 20.2 Å². The third-order valence-electron chi connectivity index (χ3n) is 3.68. The van der Waals surface area contributed by atoms with Crippen molar-refractivity contribution in [2.75, 3.05) is 27.2 Å². The summed E-state index contributed by atoms with van der Waals surface area (Å²) in [5, 5.41) is 7.25. The number of ether oxygens (including phenoxy) is 1. The molecule has 0 saturated heterocycles. The Bertz CT molecular complexity index is 655. The van der Waals surface area contributed by atoms with E-state index in [1.54, 1.807) is 7.05 Å². The molecule has 0 fully saturated rings. The summed E-state index contributed by atoms with van der Waals surface area (Å²) < 4.78 is 11.0. The van der Waals surface area contributed by atoms with Gasteiger partial charge in [0.2, 0.25) is 0 Å². The predicted octanol–water partition coefficient (Wildman–Crippen LogP) is 3.25. The number of aromatic nitrogens is 1. The van der Waals surface area contributed by atoms with Crippen LogP contribution in [0.25, 0.3) is 0 Å². The number of benzene rings is 1. The van der Waals surface area contributed by atoms with Gasteiger partial charge in [-0.1, -0.05) is 29.8 Å². The van der Waals surface area contributed by atoms with Gasteiger partial charge < -0.3 is 19.5 Å². The first kappa shape index (κ1) is 21.3. The Hall–Kier alpha value is -1.77. The first-order valence-electron chi connectivity index (χ1n) is 8.18. The smallest absolute Gasteiger partial charge is 0.193 e. The SMILES string of the molecule is CCc1cc(CNC(=NC)N(C)CCOc2ccc(C)cc2)on1.I. The molecule has 0 aliphatic rings. The lowest BCUT2D eigenvalue weighted by Gasteiger charge is -2.21. The molecule has 0 amide bonds. The zero-order valence-electron chi connectivity index (χ0n) is 15.3. The standard InChI is InChI=1S/C18H26N4O2.HI/c1-5-15-12-17(24-21-15)13-20-18(19-3)22(4)10-11-23-16-8-6-14(2)7-9-16;/h6-9,12H,5,10-11,13H2,1-4H3,(H,19,20);1H. The van der Waals surface area contributed by atoms with E-state index in [2.05, 4.69) is 29.3 Å². The number of nitrogens with one attached hydrogen (secondary N) is 1. The summed E-state index contributed by atoms with van der Waals surface area (Å²) in [5.41, 5.74) is 2.18. The molecule has 0 atom stereocenters. The van der Waals surface area contributed by atoms with E-state index in [0.717, 1.165) is 36.1 Å². The quantitative estimate of drug-likeness (QED) is 0.392. The Labute approximate surface area is 166 Å². The van der Waals surface area contributed by atoms with Crippen LogP contribution in [0.2, 0.25) is 0 Å². The average Bonchev–Trinajstić information content (AvgIpc) is 3.05. The molecular weight excluding hydrogens is 431 g/mol. The maximum Gasteiger partial charge on any atom is 0.193 e. The highest BCUT2D eigenvalue weighted by atomic mass is 127. The summed E-state index contributed by atoms with van der Waals surface area (Å²) in [6.45, 7) is 5.98. The lowest BCUT2D eigenvalue weighted by Crippen LogP contribution is -2.40. The highest BCUT2D eigenvalue weighted by molar-refractivity contribution is 14.0. The van der Waals surface area contributed by atoms with Gasteiger partial charge in [0.25, 0.3) is 0 Å². The van der Waals surface area contributed by atoms with E-state index in [-0.39, 0.29) is 24.0 Å². The number of likely N-dealkylation sites (N-methyl/N-ethyl adjacent to an activating group) is 1. The highest BCUT2D eigenvalue weighted by Gasteiger charge is 2.08. The van der Waals surface area contributed by atoms with Crippen molar-refractivity contribution in [2.45, 2.75) is 26.8 Å². The summed E-state index contributed by atoms with van der Waals surface area (Å²) in [6, 6.07) is 10.0. The van der Waals surface area contributed by atoms with Gasteiger partial charge in [-0.15, -0.1) is 24.0 Å². The molecular formula is C18H27IN4O2. The molecule has 2 aromatic rings. The molecule has 1 N–H and O–H groups in total.